The number of benzene rings is 1. The number of anilines is 2. The summed E-state index contributed by atoms with van der Waals surface area (Å²) in [6, 6.07) is 8.81. The van der Waals surface area contributed by atoms with Crippen LogP contribution < -0.4 is 9.62 Å². The molecule has 1 aromatic carbocycles. The summed E-state index contributed by atoms with van der Waals surface area (Å²) in [6.07, 6.45) is 3.58. The molecular formula is C22H29N5O5S. The first kappa shape index (κ1) is 23.1. The van der Waals surface area contributed by atoms with Crippen LogP contribution in [0.5, 0.6) is 0 Å². The number of nitrogens with one attached hydrogen (secondary N) is 1. The van der Waals surface area contributed by atoms with Crippen molar-refractivity contribution in [1.82, 2.24) is 15.0 Å². The van der Waals surface area contributed by atoms with Gasteiger partial charge < -0.3 is 19.2 Å². The first-order chi connectivity index (χ1) is 15.8. The van der Waals surface area contributed by atoms with E-state index in [9.17, 15) is 18.0 Å². The maximum absolute atomic E-state index is 12.6. The van der Waals surface area contributed by atoms with E-state index in [1.807, 2.05) is 12.1 Å². The highest BCUT2D eigenvalue weighted by atomic mass is 32.2. The molecule has 10 nitrogen and oxygen atoms in total. The summed E-state index contributed by atoms with van der Waals surface area (Å²) < 4.78 is 32.6. The van der Waals surface area contributed by atoms with Crippen molar-refractivity contribution in [1.29, 1.82) is 0 Å². The fourth-order valence-electron chi connectivity index (χ4n) is 4.14. The highest BCUT2D eigenvalue weighted by molar-refractivity contribution is 7.93. The Labute approximate surface area is 193 Å². The number of nitrogens with zero attached hydrogens (tertiary/aromatic N) is 4. The summed E-state index contributed by atoms with van der Waals surface area (Å²) in [5.41, 5.74) is 2.12. The van der Waals surface area contributed by atoms with Gasteiger partial charge in [-0.05, 0) is 50.5 Å². The van der Waals surface area contributed by atoms with Gasteiger partial charge in [0.05, 0.1) is 5.69 Å². The van der Waals surface area contributed by atoms with Gasteiger partial charge in [0.2, 0.25) is 21.7 Å². The van der Waals surface area contributed by atoms with Crippen molar-refractivity contribution in [2.45, 2.75) is 26.2 Å². The number of aromatic nitrogens is 1. The average molecular weight is 476 g/mol. The van der Waals surface area contributed by atoms with Crippen molar-refractivity contribution in [2.75, 3.05) is 54.6 Å². The lowest BCUT2D eigenvalue weighted by Gasteiger charge is -2.34. The second kappa shape index (κ2) is 9.82. The predicted octanol–water partition coefficient (Wildman–Crippen LogP) is 1.70. The number of hydrogen-bond acceptors (Lipinski definition) is 7. The molecule has 0 atom stereocenters. The van der Waals surface area contributed by atoms with Gasteiger partial charge in [-0.25, -0.2) is 8.42 Å². The Kier molecular flexibility index (Phi) is 6.87. The molecule has 11 heteroatoms. The van der Waals surface area contributed by atoms with Crippen LogP contribution in [0.15, 0.2) is 34.9 Å². The third-order valence-electron chi connectivity index (χ3n) is 5.93. The zero-order chi connectivity index (χ0) is 23.4. The van der Waals surface area contributed by atoms with Gasteiger partial charge in [-0.3, -0.25) is 14.3 Å². The molecule has 2 aromatic rings. The highest BCUT2D eigenvalue weighted by Gasteiger charge is 2.29. The monoisotopic (exact) mass is 475 g/mol. The van der Waals surface area contributed by atoms with E-state index in [1.165, 1.54) is 24.2 Å². The Morgan fingerprint density at radius 3 is 2.21 bits per heavy atom. The molecule has 1 aromatic heterocycles. The van der Waals surface area contributed by atoms with Gasteiger partial charge in [0.25, 0.3) is 5.91 Å². The summed E-state index contributed by atoms with van der Waals surface area (Å²) in [5, 5.41) is 3.72. The normalized spacial score (nSPS) is 17.2. The van der Waals surface area contributed by atoms with Gasteiger partial charge in [0.15, 0.2) is 0 Å². The van der Waals surface area contributed by atoms with Crippen molar-refractivity contribution in [3.8, 4) is 0 Å². The maximum atomic E-state index is 12.6. The number of hydrogen-bond donors (Lipinski definition) is 1. The zero-order valence-electron chi connectivity index (χ0n) is 18.7. The molecule has 0 aliphatic carbocycles. The number of carbonyl (C=O) groups excluding carboxylic acids is 2. The van der Waals surface area contributed by atoms with Crippen LogP contribution in [0, 0.1) is 6.92 Å². The minimum Gasteiger partial charge on any atom is -0.372 e. The highest BCUT2D eigenvalue weighted by Crippen LogP contribution is 2.22. The van der Waals surface area contributed by atoms with Crippen LogP contribution in [0.1, 0.15) is 35.5 Å². The molecule has 0 saturated carbocycles. The molecule has 0 bridgehead atoms. The number of piperidine rings is 1. The lowest BCUT2D eigenvalue weighted by Crippen LogP contribution is -2.52. The third-order valence-corrected chi connectivity index (χ3v) is 7.11. The second-order valence-corrected chi connectivity index (χ2v) is 10.2. The van der Waals surface area contributed by atoms with E-state index in [1.54, 1.807) is 30.0 Å². The molecule has 1 N–H and O–H groups in total. The van der Waals surface area contributed by atoms with E-state index < -0.39 is 21.7 Å². The Morgan fingerprint density at radius 2 is 1.61 bits per heavy atom. The average Bonchev–Trinajstić information content (AvgIpc) is 3.25. The third kappa shape index (κ3) is 5.84. The lowest BCUT2D eigenvalue weighted by atomic mass is 10.1. The van der Waals surface area contributed by atoms with Gasteiger partial charge >= 0.3 is 0 Å². The van der Waals surface area contributed by atoms with E-state index in [4.69, 9.17) is 4.52 Å². The minimum absolute atomic E-state index is 0.158. The molecule has 2 saturated heterocycles. The SMILES string of the molecule is Cc1cc(C(=O)N2CCN(C(=O)CS(=O)(=O)Nc3ccc(N4CCCCC4)cc3)CC2)on1. The number of sulfonamides is 1. The van der Waals surface area contributed by atoms with Gasteiger partial charge in [-0.15, -0.1) is 0 Å². The molecule has 0 radical (unpaired) electrons. The summed E-state index contributed by atoms with van der Waals surface area (Å²) in [7, 11) is -3.85. The van der Waals surface area contributed by atoms with Crippen LogP contribution in [0.3, 0.4) is 0 Å². The molecular weight excluding hydrogens is 446 g/mol. The maximum Gasteiger partial charge on any atom is 0.292 e. The van der Waals surface area contributed by atoms with E-state index in [0.717, 1.165) is 18.8 Å². The fourth-order valence-corrected chi connectivity index (χ4v) is 5.22. The molecule has 2 aliphatic rings. The number of amides is 2. The van der Waals surface area contributed by atoms with Crippen molar-refractivity contribution in [2.24, 2.45) is 0 Å². The van der Waals surface area contributed by atoms with Crippen LogP contribution in [-0.2, 0) is 14.8 Å². The van der Waals surface area contributed by atoms with Crippen molar-refractivity contribution < 1.29 is 22.5 Å². The van der Waals surface area contributed by atoms with Crippen LogP contribution in [0.4, 0.5) is 11.4 Å². The summed E-state index contributed by atoms with van der Waals surface area (Å²) in [4.78, 5) is 30.3. The van der Waals surface area contributed by atoms with Gasteiger partial charge in [0.1, 0.15) is 5.75 Å². The molecule has 0 spiro atoms. The topological polar surface area (TPSA) is 116 Å². The number of piperazine rings is 1. The first-order valence-corrected chi connectivity index (χ1v) is 12.8. The Balaban J connectivity index is 1.27. The molecule has 2 aliphatic heterocycles. The van der Waals surface area contributed by atoms with Crippen molar-refractivity contribution in [3.63, 3.8) is 0 Å². The molecule has 4 rings (SSSR count). The number of aryl methyl sites for hydroxylation is 1. The second-order valence-electron chi connectivity index (χ2n) is 8.46. The van der Waals surface area contributed by atoms with E-state index in [2.05, 4.69) is 14.8 Å². The Morgan fingerprint density at radius 1 is 0.970 bits per heavy atom. The van der Waals surface area contributed by atoms with E-state index in [0.29, 0.717) is 24.5 Å². The Hall–Kier alpha value is -3.08. The number of rotatable bonds is 6. The molecule has 2 fully saturated rings. The molecule has 178 valence electrons. The smallest absolute Gasteiger partial charge is 0.292 e. The number of carbonyl (C=O) groups is 2. The zero-order valence-corrected chi connectivity index (χ0v) is 19.5. The molecule has 2 amide bonds. The molecule has 0 unspecified atom stereocenters. The lowest BCUT2D eigenvalue weighted by molar-refractivity contribution is -0.129. The standard InChI is InChI=1S/C22H29N5O5S/c1-17-15-20(32-23-17)22(29)27-13-11-26(12-14-27)21(28)16-33(30,31)24-18-5-7-19(8-6-18)25-9-3-2-4-10-25/h5-8,15,24H,2-4,9-14,16H2,1H3. The molecule has 3 heterocycles. The van der Waals surface area contributed by atoms with Crippen molar-refractivity contribution >= 4 is 33.2 Å². The predicted molar refractivity (Wildman–Crippen MR) is 124 cm³/mol. The van der Waals surface area contributed by atoms with Gasteiger partial charge in [-0.1, -0.05) is 5.16 Å². The summed E-state index contributed by atoms with van der Waals surface area (Å²) in [6.45, 7) is 4.88. The van der Waals surface area contributed by atoms with Crippen LogP contribution in [-0.4, -0.2) is 80.2 Å². The molecule has 33 heavy (non-hydrogen) atoms. The van der Waals surface area contributed by atoms with Crippen molar-refractivity contribution in [3.05, 3.63) is 41.8 Å². The fraction of sp³-hybridized carbons (Fsp3) is 0.500. The van der Waals surface area contributed by atoms with E-state index >= 15 is 0 Å². The minimum atomic E-state index is -3.85. The van der Waals surface area contributed by atoms with Crippen LogP contribution in [0.2, 0.25) is 0 Å². The van der Waals surface area contributed by atoms with Crippen LogP contribution >= 0.6 is 0 Å². The van der Waals surface area contributed by atoms with Gasteiger partial charge in [-0.2, -0.15) is 0 Å². The Bertz CT molecular complexity index is 1080. The summed E-state index contributed by atoms with van der Waals surface area (Å²) >= 11 is 0. The van der Waals surface area contributed by atoms with Crippen LogP contribution in [0.25, 0.3) is 0 Å². The first-order valence-electron chi connectivity index (χ1n) is 11.2. The quantitative estimate of drug-likeness (QED) is 0.676. The largest absolute Gasteiger partial charge is 0.372 e. The summed E-state index contributed by atoms with van der Waals surface area (Å²) in [5.74, 6) is -1.26. The van der Waals surface area contributed by atoms with E-state index in [-0.39, 0.29) is 24.8 Å². The van der Waals surface area contributed by atoms with Gasteiger partial charge in [0, 0.05) is 56.7 Å².